The molecule has 0 saturated carbocycles. The third-order valence-corrected chi connectivity index (χ3v) is 3.37. The second-order valence-electron chi connectivity index (χ2n) is 3.88. The summed E-state index contributed by atoms with van der Waals surface area (Å²) < 4.78 is 125. The van der Waals surface area contributed by atoms with Crippen LogP contribution in [0, 0.1) is 0 Å². The molecule has 0 fully saturated rings. The Labute approximate surface area is 133 Å². The monoisotopic (exact) mass is 411 g/mol. The van der Waals surface area contributed by atoms with Crippen molar-refractivity contribution in [1.82, 2.24) is 4.72 Å². The number of carbonyl (C=O) groups is 2. The first-order chi connectivity index (χ1) is 10.5. The second-order valence-corrected chi connectivity index (χ2v) is 6.04. The molecule has 0 aromatic rings. The van der Waals surface area contributed by atoms with Crippen LogP contribution in [0.25, 0.3) is 0 Å². The minimum absolute atomic E-state index is 0.0706. The highest BCUT2D eigenvalue weighted by Crippen LogP contribution is 2.46. The van der Waals surface area contributed by atoms with E-state index < -0.39 is 51.9 Å². The van der Waals surface area contributed by atoms with Crippen molar-refractivity contribution in [3.8, 4) is 0 Å². The molecule has 0 rings (SSSR count). The lowest BCUT2D eigenvalue weighted by Crippen LogP contribution is -2.63. The normalized spacial score (nSPS) is 14.9. The standard InChI is InChI=1S/C8H8F7NO6S2/c1-23-16-4(17)6(10,11)8(14,15)7(12,13)5(18)22-2-3(9)24(19,20)21/h3H,2H2,1H3,(H,16,17)(H,19,20,21). The average molecular weight is 411 g/mol. The van der Waals surface area contributed by atoms with E-state index in [9.17, 15) is 48.7 Å². The Hall–Kier alpha value is -1.29. The van der Waals surface area contributed by atoms with Crippen LogP contribution in [0.3, 0.4) is 0 Å². The first-order valence-corrected chi connectivity index (χ1v) is 8.00. The van der Waals surface area contributed by atoms with Crippen LogP contribution in [0.5, 0.6) is 0 Å². The van der Waals surface area contributed by atoms with Crippen LogP contribution < -0.4 is 4.72 Å². The molecule has 24 heavy (non-hydrogen) atoms. The van der Waals surface area contributed by atoms with E-state index in [1.165, 1.54) is 0 Å². The van der Waals surface area contributed by atoms with Crippen LogP contribution >= 0.6 is 11.9 Å². The molecule has 0 radical (unpaired) electrons. The Morgan fingerprint density at radius 1 is 1.17 bits per heavy atom. The topological polar surface area (TPSA) is 110 Å². The number of nitrogens with one attached hydrogen (secondary N) is 1. The van der Waals surface area contributed by atoms with Gasteiger partial charge >= 0.3 is 39.8 Å². The van der Waals surface area contributed by atoms with Gasteiger partial charge in [-0.1, -0.05) is 11.9 Å². The van der Waals surface area contributed by atoms with Crippen molar-refractivity contribution < 1.29 is 58.0 Å². The molecule has 1 amide bonds. The maximum atomic E-state index is 13.2. The number of alkyl halides is 7. The molecule has 0 bridgehead atoms. The summed E-state index contributed by atoms with van der Waals surface area (Å²) in [5, 5.41) is 0. The molecule has 0 spiro atoms. The van der Waals surface area contributed by atoms with E-state index in [-0.39, 0.29) is 11.9 Å². The molecule has 0 aliphatic carbocycles. The van der Waals surface area contributed by atoms with Gasteiger partial charge in [0, 0.05) is 6.26 Å². The Morgan fingerprint density at radius 3 is 2.00 bits per heavy atom. The number of amides is 1. The maximum absolute atomic E-state index is 13.2. The SMILES string of the molecule is CSNC(=O)C(F)(F)C(F)(F)C(F)(F)C(=O)OCC(F)S(=O)(=O)O. The number of ether oxygens (including phenoxy) is 1. The predicted molar refractivity (Wildman–Crippen MR) is 63.9 cm³/mol. The predicted octanol–water partition coefficient (Wildman–Crippen LogP) is 1.01. The van der Waals surface area contributed by atoms with Crippen LogP contribution in [0.1, 0.15) is 0 Å². The molecular weight excluding hydrogens is 403 g/mol. The van der Waals surface area contributed by atoms with Crippen LogP contribution in [0.4, 0.5) is 30.7 Å². The highest BCUT2D eigenvalue weighted by Gasteiger charge is 2.78. The molecule has 16 heteroatoms. The summed E-state index contributed by atoms with van der Waals surface area (Å²) in [4.78, 5) is 21.6. The van der Waals surface area contributed by atoms with Crippen molar-refractivity contribution in [2.24, 2.45) is 0 Å². The summed E-state index contributed by atoms with van der Waals surface area (Å²) in [6.07, 6.45) is 0.926. The van der Waals surface area contributed by atoms with Gasteiger partial charge in [-0.05, 0) is 0 Å². The van der Waals surface area contributed by atoms with Gasteiger partial charge in [0.1, 0.15) is 6.61 Å². The smallest absolute Gasteiger partial charge is 0.411 e. The van der Waals surface area contributed by atoms with E-state index in [4.69, 9.17) is 4.55 Å². The summed E-state index contributed by atoms with van der Waals surface area (Å²) in [6.45, 7) is -2.17. The Balaban J connectivity index is 5.39. The molecule has 0 aromatic carbocycles. The summed E-state index contributed by atoms with van der Waals surface area (Å²) in [5.41, 5.74) is -3.48. The lowest BCUT2D eigenvalue weighted by molar-refractivity contribution is -0.294. The number of esters is 1. The summed E-state index contributed by atoms with van der Waals surface area (Å²) >= 11 is 0.0706. The summed E-state index contributed by atoms with van der Waals surface area (Å²) in [6, 6.07) is 0. The van der Waals surface area contributed by atoms with Gasteiger partial charge in [-0.3, -0.25) is 14.1 Å². The van der Waals surface area contributed by atoms with E-state index in [0.717, 1.165) is 11.0 Å². The minimum atomic E-state index is -6.60. The molecular formula is C8H8F7NO6S2. The fourth-order valence-electron chi connectivity index (χ4n) is 0.943. The fraction of sp³-hybridized carbons (Fsp3) is 0.750. The van der Waals surface area contributed by atoms with Crippen LogP contribution in [0.2, 0.25) is 0 Å². The van der Waals surface area contributed by atoms with Crippen molar-refractivity contribution in [3.63, 3.8) is 0 Å². The second kappa shape index (κ2) is 7.30. The summed E-state index contributed by atoms with van der Waals surface area (Å²) in [5.74, 6) is -25.3. The highest BCUT2D eigenvalue weighted by atomic mass is 32.2. The molecule has 2 N–H and O–H groups in total. The zero-order valence-corrected chi connectivity index (χ0v) is 12.9. The Bertz CT molecular complexity index is 596. The molecule has 0 aliphatic rings. The molecule has 0 aliphatic heterocycles. The van der Waals surface area contributed by atoms with E-state index in [1.807, 2.05) is 0 Å². The van der Waals surface area contributed by atoms with Crippen LogP contribution in [-0.2, 0) is 24.4 Å². The van der Waals surface area contributed by atoms with E-state index in [0.29, 0.717) is 0 Å². The zero-order valence-electron chi connectivity index (χ0n) is 11.2. The summed E-state index contributed by atoms with van der Waals surface area (Å²) in [7, 11) is -5.52. The molecule has 1 atom stereocenters. The van der Waals surface area contributed by atoms with Crippen molar-refractivity contribution in [2.45, 2.75) is 23.3 Å². The number of rotatable bonds is 8. The lowest BCUT2D eigenvalue weighted by Gasteiger charge is -2.30. The molecule has 0 saturated heterocycles. The van der Waals surface area contributed by atoms with Crippen LogP contribution in [-0.4, -0.2) is 61.0 Å². The zero-order chi connectivity index (χ0) is 19.6. The maximum Gasteiger partial charge on any atom is 0.411 e. The third kappa shape index (κ3) is 4.41. The Kier molecular flexibility index (Phi) is 6.91. The number of hydrogen-bond acceptors (Lipinski definition) is 6. The van der Waals surface area contributed by atoms with Gasteiger partial charge in [-0.2, -0.15) is 34.8 Å². The van der Waals surface area contributed by atoms with Gasteiger partial charge in [0.2, 0.25) is 0 Å². The van der Waals surface area contributed by atoms with Gasteiger partial charge in [-0.25, -0.2) is 9.18 Å². The average Bonchev–Trinajstić information content (AvgIpc) is 2.42. The van der Waals surface area contributed by atoms with Gasteiger partial charge in [0.05, 0.1) is 0 Å². The lowest BCUT2D eigenvalue weighted by atomic mass is 10.0. The first-order valence-electron chi connectivity index (χ1n) is 5.28. The van der Waals surface area contributed by atoms with Gasteiger partial charge in [0.15, 0.2) is 0 Å². The fourth-order valence-corrected chi connectivity index (χ4v) is 1.50. The molecule has 142 valence electrons. The first kappa shape index (κ1) is 22.7. The quantitative estimate of drug-likeness (QED) is 0.266. The number of halogens is 7. The minimum Gasteiger partial charge on any atom is -0.457 e. The molecule has 7 nitrogen and oxygen atoms in total. The number of carbonyl (C=O) groups excluding carboxylic acids is 2. The van der Waals surface area contributed by atoms with Crippen molar-refractivity contribution in [3.05, 3.63) is 0 Å². The van der Waals surface area contributed by atoms with Gasteiger partial charge in [0.25, 0.3) is 5.50 Å². The van der Waals surface area contributed by atoms with Crippen molar-refractivity contribution in [2.75, 3.05) is 12.9 Å². The van der Waals surface area contributed by atoms with Crippen molar-refractivity contribution >= 4 is 33.9 Å². The van der Waals surface area contributed by atoms with Gasteiger partial charge in [-0.15, -0.1) is 0 Å². The third-order valence-electron chi connectivity index (χ3n) is 2.19. The van der Waals surface area contributed by atoms with Gasteiger partial charge < -0.3 is 4.74 Å². The van der Waals surface area contributed by atoms with E-state index in [1.54, 1.807) is 0 Å². The van der Waals surface area contributed by atoms with E-state index in [2.05, 4.69) is 4.74 Å². The van der Waals surface area contributed by atoms with E-state index >= 15 is 0 Å². The molecule has 0 heterocycles. The molecule has 0 aromatic heterocycles. The van der Waals surface area contributed by atoms with Crippen molar-refractivity contribution in [1.29, 1.82) is 0 Å². The highest BCUT2D eigenvalue weighted by molar-refractivity contribution is 7.97. The Morgan fingerprint density at radius 2 is 1.62 bits per heavy atom. The largest absolute Gasteiger partial charge is 0.457 e. The van der Waals surface area contributed by atoms with Crippen LogP contribution in [0.15, 0.2) is 0 Å². The number of hydrogen-bond donors (Lipinski definition) is 2. The molecule has 1 unspecified atom stereocenters.